The second-order valence-electron chi connectivity index (χ2n) is 6.95. The summed E-state index contributed by atoms with van der Waals surface area (Å²) in [7, 11) is 0. The van der Waals surface area contributed by atoms with Crippen LogP contribution in [0.2, 0.25) is 0 Å². The fourth-order valence-electron chi connectivity index (χ4n) is 4.00. The minimum atomic E-state index is 0.0454. The SMILES string of the molecule is Cc1cc([C@H]2[C@@H](c3ccccn3)NC(=S)N2C[C@@H]2CCCO2)c(C)[nH]1. The second kappa shape index (κ2) is 6.77. The maximum atomic E-state index is 5.87. The van der Waals surface area contributed by atoms with Crippen LogP contribution in [0.3, 0.4) is 0 Å². The van der Waals surface area contributed by atoms with Gasteiger partial charge in [0.1, 0.15) is 0 Å². The Kier molecular flexibility index (Phi) is 4.48. The second-order valence-corrected chi connectivity index (χ2v) is 7.33. The van der Waals surface area contributed by atoms with Gasteiger partial charge < -0.3 is 19.9 Å². The number of pyridine rings is 1. The minimum absolute atomic E-state index is 0.0454. The molecular weight excluding hydrogens is 332 g/mol. The molecule has 0 saturated carbocycles. The van der Waals surface area contributed by atoms with E-state index in [1.54, 1.807) is 0 Å². The highest BCUT2D eigenvalue weighted by atomic mass is 32.1. The van der Waals surface area contributed by atoms with Crippen molar-refractivity contribution in [3.8, 4) is 0 Å². The highest BCUT2D eigenvalue weighted by Crippen LogP contribution is 2.40. The lowest BCUT2D eigenvalue weighted by atomic mass is 9.96. The fourth-order valence-corrected chi connectivity index (χ4v) is 4.32. The van der Waals surface area contributed by atoms with E-state index >= 15 is 0 Å². The van der Waals surface area contributed by atoms with Crippen molar-refractivity contribution in [2.75, 3.05) is 13.2 Å². The number of aromatic nitrogens is 2. The van der Waals surface area contributed by atoms with Crippen LogP contribution in [-0.2, 0) is 4.74 Å². The summed E-state index contributed by atoms with van der Waals surface area (Å²) in [5.41, 5.74) is 4.65. The Labute approximate surface area is 153 Å². The van der Waals surface area contributed by atoms with Gasteiger partial charge in [0.25, 0.3) is 0 Å². The van der Waals surface area contributed by atoms with E-state index in [4.69, 9.17) is 17.0 Å². The third-order valence-corrected chi connectivity index (χ3v) is 5.48. The zero-order valence-electron chi connectivity index (χ0n) is 14.7. The molecule has 0 amide bonds. The first-order valence-electron chi connectivity index (χ1n) is 8.89. The number of H-pyrrole nitrogens is 1. The summed E-state index contributed by atoms with van der Waals surface area (Å²) in [5.74, 6) is 0. The lowest BCUT2D eigenvalue weighted by molar-refractivity contribution is 0.0842. The zero-order chi connectivity index (χ0) is 17.4. The molecule has 0 aliphatic carbocycles. The maximum Gasteiger partial charge on any atom is 0.170 e. The molecule has 2 saturated heterocycles. The van der Waals surface area contributed by atoms with Gasteiger partial charge >= 0.3 is 0 Å². The van der Waals surface area contributed by atoms with Crippen molar-refractivity contribution in [3.05, 3.63) is 53.1 Å². The lowest BCUT2D eigenvalue weighted by Crippen LogP contribution is -2.36. The number of ether oxygens (including phenoxy) is 1. The molecule has 0 spiro atoms. The average molecular weight is 356 g/mol. The smallest absolute Gasteiger partial charge is 0.170 e. The fraction of sp³-hybridized carbons (Fsp3) is 0.474. The van der Waals surface area contributed by atoms with Crippen LogP contribution in [0, 0.1) is 13.8 Å². The monoisotopic (exact) mass is 356 g/mol. The highest BCUT2D eigenvalue weighted by molar-refractivity contribution is 7.80. The molecule has 4 rings (SSSR count). The van der Waals surface area contributed by atoms with E-state index in [9.17, 15) is 0 Å². The Bertz CT molecular complexity index is 754. The van der Waals surface area contributed by atoms with Crippen molar-refractivity contribution in [1.82, 2.24) is 20.2 Å². The molecule has 4 heterocycles. The van der Waals surface area contributed by atoms with Gasteiger partial charge in [-0.1, -0.05) is 6.07 Å². The molecule has 25 heavy (non-hydrogen) atoms. The number of nitrogens with zero attached hydrogens (tertiary/aromatic N) is 2. The van der Waals surface area contributed by atoms with Crippen LogP contribution in [-0.4, -0.2) is 39.2 Å². The van der Waals surface area contributed by atoms with Crippen molar-refractivity contribution in [1.29, 1.82) is 0 Å². The van der Waals surface area contributed by atoms with Crippen LogP contribution >= 0.6 is 12.2 Å². The molecular formula is C19H24N4OS. The molecule has 0 bridgehead atoms. The first-order chi connectivity index (χ1) is 12.1. The van der Waals surface area contributed by atoms with Crippen molar-refractivity contribution >= 4 is 17.3 Å². The zero-order valence-corrected chi connectivity index (χ0v) is 15.5. The quantitative estimate of drug-likeness (QED) is 0.824. The van der Waals surface area contributed by atoms with Crippen LogP contribution in [0.1, 0.15) is 47.6 Å². The third-order valence-electron chi connectivity index (χ3n) is 5.13. The van der Waals surface area contributed by atoms with Gasteiger partial charge in [-0.15, -0.1) is 0 Å². The van der Waals surface area contributed by atoms with Crippen LogP contribution in [0.4, 0.5) is 0 Å². The normalized spacial score (nSPS) is 26.2. The van der Waals surface area contributed by atoms with Gasteiger partial charge in [-0.2, -0.15) is 0 Å². The van der Waals surface area contributed by atoms with Gasteiger partial charge in [0.15, 0.2) is 5.11 Å². The Balaban J connectivity index is 1.71. The molecule has 2 fully saturated rings. The highest BCUT2D eigenvalue weighted by Gasteiger charge is 2.42. The van der Waals surface area contributed by atoms with Crippen LogP contribution in [0.5, 0.6) is 0 Å². The Hall–Kier alpha value is -1.92. The predicted molar refractivity (Wildman–Crippen MR) is 101 cm³/mol. The summed E-state index contributed by atoms with van der Waals surface area (Å²) >= 11 is 5.70. The molecule has 6 heteroatoms. The Morgan fingerprint density at radius 3 is 2.88 bits per heavy atom. The minimum Gasteiger partial charge on any atom is -0.376 e. The van der Waals surface area contributed by atoms with Crippen molar-refractivity contribution in [3.63, 3.8) is 0 Å². The van der Waals surface area contributed by atoms with Gasteiger partial charge in [0.2, 0.25) is 0 Å². The molecule has 2 aliphatic heterocycles. The average Bonchev–Trinajstić information content (AvgIpc) is 3.30. The summed E-state index contributed by atoms with van der Waals surface area (Å²) in [6, 6.07) is 8.44. The van der Waals surface area contributed by atoms with Crippen molar-refractivity contribution in [2.45, 2.75) is 44.9 Å². The van der Waals surface area contributed by atoms with Gasteiger partial charge in [-0.05, 0) is 62.7 Å². The largest absolute Gasteiger partial charge is 0.376 e. The number of thiocarbonyl (C=S) groups is 1. The molecule has 2 aromatic heterocycles. The number of hydrogen-bond acceptors (Lipinski definition) is 3. The number of rotatable bonds is 4. The summed E-state index contributed by atoms with van der Waals surface area (Å²) < 4.78 is 5.87. The number of hydrogen-bond donors (Lipinski definition) is 2. The van der Waals surface area contributed by atoms with Gasteiger partial charge in [-0.3, -0.25) is 4.98 Å². The van der Waals surface area contributed by atoms with E-state index in [1.807, 2.05) is 18.3 Å². The van der Waals surface area contributed by atoms with E-state index < -0.39 is 0 Å². The molecule has 2 aliphatic rings. The summed E-state index contributed by atoms with van der Waals surface area (Å²) in [5, 5.41) is 4.29. The van der Waals surface area contributed by atoms with Crippen LogP contribution < -0.4 is 5.32 Å². The van der Waals surface area contributed by atoms with E-state index in [1.165, 1.54) is 17.0 Å². The Morgan fingerprint density at radius 1 is 1.36 bits per heavy atom. The van der Waals surface area contributed by atoms with Gasteiger partial charge in [0, 0.05) is 30.7 Å². The van der Waals surface area contributed by atoms with E-state index in [0.717, 1.165) is 36.8 Å². The van der Waals surface area contributed by atoms with Gasteiger partial charge in [-0.25, -0.2) is 0 Å². The maximum absolute atomic E-state index is 5.87. The van der Waals surface area contributed by atoms with Crippen molar-refractivity contribution < 1.29 is 4.74 Å². The lowest BCUT2D eigenvalue weighted by Gasteiger charge is -2.29. The molecule has 3 atom stereocenters. The molecule has 2 aromatic rings. The summed E-state index contributed by atoms with van der Waals surface area (Å²) in [6.45, 7) is 5.90. The number of aryl methyl sites for hydroxylation is 2. The van der Waals surface area contributed by atoms with Crippen LogP contribution in [0.25, 0.3) is 0 Å². The summed E-state index contributed by atoms with van der Waals surface area (Å²) in [4.78, 5) is 10.3. The summed E-state index contributed by atoms with van der Waals surface area (Å²) in [6.07, 6.45) is 4.33. The first-order valence-corrected chi connectivity index (χ1v) is 9.30. The molecule has 132 valence electrons. The van der Waals surface area contributed by atoms with Crippen molar-refractivity contribution in [2.24, 2.45) is 0 Å². The number of nitrogens with one attached hydrogen (secondary N) is 2. The topological polar surface area (TPSA) is 53.2 Å². The van der Waals surface area contributed by atoms with E-state index in [0.29, 0.717) is 0 Å². The van der Waals surface area contributed by atoms with Gasteiger partial charge in [0.05, 0.1) is 23.9 Å². The molecule has 0 aromatic carbocycles. The standard InChI is InChI=1S/C19H24N4OS/c1-12-10-15(13(2)21-12)18-17(16-7-3-4-8-20-16)22-19(25)23(18)11-14-6-5-9-24-14/h3-4,7-8,10,14,17-18,21H,5-6,9,11H2,1-2H3,(H,22,25)/t14-,17+,18-/m0/s1. The third kappa shape index (κ3) is 3.16. The van der Waals surface area contributed by atoms with E-state index in [-0.39, 0.29) is 18.2 Å². The van der Waals surface area contributed by atoms with Crippen LogP contribution in [0.15, 0.2) is 30.5 Å². The van der Waals surface area contributed by atoms with E-state index in [2.05, 4.69) is 46.2 Å². The molecule has 2 N–H and O–H groups in total. The molecule has 0 unspecified atom stereocenters. The molecule has 5 nitrogen and oxygen atoms in total. The first kappa shape index (κ1) is 16.5. The Morgan fingerprint density at radius 2 is 2.24 bits per heavy atom. The number of aromatic amines is 1. The molecule has 0 radical (unpaired) electrons. The predicted octanol–water partition coefficient (Wildman–Crippen LogP) is 3.18.